The summed E-state index contributed by atoms with van der Waals surface area (Å²) >= 11 is 0. The van der Waals surface area contributed by atoms with Crippen molar-refractivity contribution in [3.63, 3.8) is 0 Å². The summed E-state index contributed by atoms with van der Waals surface area (Å²) < 4.78 is 26.3. The maximum Gasteiger partial charge on any atom is 0.266 e. The molecule has 0 radical (unpaired) electrons. The first-order valence-corrected chi connectivity index (χ1v) is 6.74. The molecule has 1 heterocycles. The third-order valence-corrected chi connectivity index (χ3v) is 3.69. The Hall–Kier alpha value is -2.75. The first-order valence-electron chi connectivity index (χ1n) is 5.26. The molecule has 0 unspecified atom stereocenters. The molecule has 0 aliphatic heterocycles. The molecule has 0 spiro atoms. The number of nitrogens with one attached hydrogen (secondary N) is 1. The Morgan fingerprint density at radius 1 is 1.25 bits per heavy atom. The van der Waals surface area contributed by atoms with Crippen LogP contribution >= 0.6 is 0 Å². The highest BCUT2D eigenvalue weighted by atomic mass is 32.2. The Morgan fingerprint density at radius 3 is 2.55 bits per heavy atom. The van der Waals surface area contributed by atoms with Gasteiger partial charge in [-0.1, -0.05) is 0 Å². The van der Waals surface area contributed by atoms with E-state index in [2.05, 4.69) is 19.9 Å². The van der Waals surface area contributed by atoms with E-state index < -0.39 is 15.9 Å². The summed E-state index contributed by atoms with van der Waals surface area (Å²) in [5.74, 6) is -0.893. The minimum Gasteiger partial charge on any atom is -0.398 e. The number of carbonyl (C=O) groups is 1. The van der Waals surface area contributed by atoms with Gasteiger partial charge in [0.05, 0.1) is 18.1 Å². The van der Waals surface area contributed by atoms with Gasteiger partial charge in [0.25, 0.3) is 16.0 Å². The summed E-state index contributed by atoms with van der Waals surface area (Å²) in [6.07, 6.45) is 2.58. The number of nitrogen functional groups attached to an aromatic ring is 1. The Balaban J connectivity index is 2.37. The van der Waals surface area contributed by atoms with Gasteiger partial charge in [-0.15, -0.1) is 5.10 Å². The lowest BCUT2D eigenvalue weighted by molar-refractivity contribution is 0.1000. The zero-order valence-corrected chi connectivity index (χ0v) is 10.8. The number of anilines is 2. The van der Waals surface area contributed by atoms with E-state index in [0.717, 1.165) is 0 Å². The quantitative estimate of drug-likeness (QED) is 0.633. The van der Waals surface area contributed by atoms with Crippen molar-refractivity contribution in [3.8, 4) is 0 Å². The number of rotatable bonds is 4. The van der Waals surface area contributed by atoms with E-state index in [4.69, 9.17) is 11.5 Å². The molecule has 1 aromatic carbocycles. The number of amides is 1. The first kappa shape index (κ1) is 13.7. The molecule has 0 aliphatic rings. The Kier molecular flexibility index (Phi) is 3.48. The van der Waals surface area contributed by atoms with E-state index in [1.807, 2.05) is 0 Å². The fraction of sp³-hybridized carbons (Fsp3) is 0. The number of carbonyl (C=O) groups excluding carboxylic acids is 1. The molecule has 0 bridgehead atoms. The number of hydrogen-bond donors (Lipinski definition) is 3. The van der Waals surface area contributed by atoms with Gasteiger partial charge in [0.15, 0.2) is 0 Å². The zero-order valence-electron chi connectivity index (χ0n) is 10.0. The van der Waals surface area contributed by atoms with E-state index in [1.165, 1.54) is 30.6 Å². The van der Waals surface area contributed by atoms with Gasteiger partial charge in [0.2, 0.25) is 5.91 Å². The lowest BCUT2D eigenvalue weighted by atomic mass is 10.2. The van der Waals surface area contributed by atoms with Gasteiger partial charge in [-0.2, -0.15) is 5.10 Å². The number of hydrogen-bond acceptors (Lipinski definition) is 7. The van der Waals surface area contributed by atoms with E-state index in [-0.39, 0.29) is 22.1 Å². The molecule has 0 aliphatic carbocycles. The number of primary amides is 1. The number of benzene rings is 1. The molecule has 2 rings (SSSR count). The Morgan fingerprint density at radius 2 is 2.00 bits per heavy atom. The van der Waals surface area contributed by atoms with Crippen molar-refractivity contribution in [1.29, 1.82) is 0 Å². The summed E-state index contributed by atoms with van der Waals surface area (Å²) in [5, 5.41) is 6.99. The summed E-state index contributed by atoms with van der Waals surface area (Å²) in [6.45, 7) is 0. The molecule has 0 atom stereocenters. The smallest absolute Gasteiger partial charge is 0.266 e. The van der Waals surface area contributed by atoms with Crippen LogP contribution in [-0.2, 0) is 10.0 Å². The minimum atomic E-state index is -3.98. The molecule has 1 aromatic heterocycles. The third kappa shape index (κ3) is 2.80. The average Bonchev–Trinajstić information content (AvgIpc) is 2.38. The largest absolute Gasteiger partial charge is 0.398 e. The first-order chi connectivity index (χ1) is 9.40. The molecular formula is C10H10N6O3S. The van der Waals surface area contributed by atoms with Gasteiger partial charge in [-0.05, 0) is 18.2 Å². The second kappa shape index (κ2) is 5.09. The lowest BCUT2D eigenvalue weighted by Gasteiger charge is -2.09. The van der Waals surface area contributed by atoms with Gasteiger partial charge in [-0.25, -0.2) is 18.1 Å². The number of aromatic nitrogens is 3. The standard InChI is InChI=1S/C10H10N6O3S/c11-7-5-6(9(12)17)1-2-8(7)20(18,19)16-10-13-3-4-14-15-10/h1-5H,11H2,(H2,12,17)(H,13,15,16). The number of nitrogens with two attached hydrogens (primary N) is 2. The fourth-order valence-corrected chi connectivity index (χ4v) is 2.48. The number of nitrogens with zero attached hydrogens (tertiary/aromatic N) is 3. The van der Waals surface area contributed by atoms with Crippen LogP contribution in [0.1, 0.15) is 10.4 Å². The lowest BCUT2D eigenvalue weighted by Crippen LogP contribution is -2.18. The molecule has 1 amide bonds. The monoisotopic (exact) mass is 294 g/mol. The van der Waals surface area contributed by atoms with Crippen molar-refractivity contribution in [3.05, 3.63) is 36.2 Å². The SMILES string of the molecule is NC(=O)c1ccc(S(=O)(=O)Nc2nccnn2)c(N)c1. The van der Waals surface area contributed by atoms with Crippen LogP contribution < -0.4 is 16.2 Å². The zero-order chi connectivity index (χ0) is 14.8. The summed E-state index contributed by atoms with van der Waals surface area (Å²) in [7, 11) is -3.98. The van der Waals surface area contributed by atoms with Crippen molar-refractivity contribution in [2.45, 2.75) is 4.90 Å². The van der Waals surface area contributed by atoms with Crippen molar-refractivity contribution in [2.75, 3.05) is 10.5 Å². The van der Waals surface area contributed by atoms with E-state index in [9.17, 15) is 13.2 Å². The van der Waals surface area contributed by atoms with Crippen molar-refractivity contribution in [1.82, 2.24) is 15.2 Å². The molecule has 2 aromatic rings. The maximum atomic E-state index is 12.1. The van der Waals surface area contributed by atoms with Gasteiger partial charge >= 0.3 is 0 Å². The second-order valence-corrected chi connectivity index (χ2v) is 5.34. The highest BCUT2D eigenvalue weighted by Crippen LogP contribution is 2.21. The molecular weight excluding hydrogens is 284 g/mol. The number of sulfonamides is 1. The van der Waals surface area contributed by atoms with E-state index in [0.29, 0.717) is 0 Å². The van der Waals surface area contributed by atoms with Crippen LogP contribution in [-0.4, -0.2) is 29.5 Å². The van der Waals surface area contributed by atoms with Crippen LogP contribution in [0.3, 0.4) is 0 Å². The fourth-order valence-electron chi connectivity index (χ4n) is 1.42. The molecule has 0 fully saturated rings. The molecule has 5 N–H and O–H groups in total. The van der Waals surface area contributed by atoms with Crippen molar-refractivity contribution in [2.24, 2.45) is 5.73 Å². The van der Waals surface area contributed by atoms with Gasteiger partial charge < -0.3 is 11.5 Å². The van der Waals surface area contributed by atoms with Gasteiger partial charge in [0, 0.05) is 5.56 Å². The normalized spacial score (nSPS) is 11.0. The molecule has 10 heteroatoms. The average molecular weight is 294 g/mol. The summed E-state index contributed by atoms with van der Waals surface area (Å²) in [4.78, 5) is 14.5. The third-order valence-electron chi connectivity index (χ3n) is 2.29. The van der Waals surface area contributed by atoms with Crippen LogP contribution in [0.25, 0.3) is 0 Å². The summed E-state index contributed by atoms with van der Waals surface area (Å²) in [6, 6.07) is 3.62. The Bertz CT molecular complexity index is 747. The molecule has 104 valence electrons. The van der Waals surface area contributed by atoms with E-state index >= 15 is 0 Å². The highest BCUT2D eigenvalue weighted by Gasteiger charge is 2.19. The predicted molar refractivity (Wildman–Crippen MR) is 70.0 cm³/mol. The van der Waals surface area contributed by atoms with Gasteiger partial charge in [-0.3, -0.25) is 4.79 Å². The minimum absolute atomic E-state index is 0.110. The second-order valence-electron chi connectivity index (χ2n) is 3.69. The van der Waals surface area contributed by atoms with Crippen LogP contribution in [0, 0.1) is 0 Å². The van der Waals surface area contributed by atoms with Crippen molar-refractivity contribution < 1.29 is 13.2 Å². The van der Waals surface area contributed by atoms with Crippen LogP contribution in [0.4, 0.5) is 11.6 Å². The molecule has 9 nitrogen and oxygen atoms in total. The Labute approximate surface area is 114 Å². The predicted octanol–water partition coefficient (Wildman–Crippen LogP) is -0.647. The molecule has 0 saturated heterocycles. The summed E-state index contributed by atoms with van der Waals surface area (Å²) in [5.41, 5.74) is 10.7. The van der Waals surface area contributed by atoms with Crippen LogP contribution in [0.15, 0.2) is 35.5 Å². The van der Waals surface area contributed by atoms with E-state index in [1.54, 1.807) is 0 Å². The van der Waals surface area contributed by atoms with Crippen LogP contribution in [0.5, 0.6) is 0 Å². The van der Waals surface area contributed by atoms with Gasteiger partial charge in [0.1, 0.15) is 4.90 Å². The van der Waals surface area contributed by atoms with Crippen LogP contribution in [0.2, 0.25) is 0 Å². The van der Waals surface area contributed by atoms with Crippen molar-refractivity contribution >= 4 is 27.6 Å². The maximum absolute atomic E-state index is 12.1. The molecule has 0 saturated carbocycles. The molecule has 20 heavy (non-hydrogen) atoms. The highest BCUT2D eigenvalue weighted by molar-refractivity contribution is 7.92. The topological polar surface area (TPSA) is 154 Å².